The maximum Gasteiger partial charge on any atom is 0.126 e. The van der Waals surface area contributed by atoms with Gasteiger partial charge in [0, 0.05) is 12.1 Å². The van der Waals surface area contributed by atoms with E-state index in [1.54, 1.807) is 0 Å². The lowest BCUT2D eigenvalue weighted by atomic mass is 9.89. The summed E-state index contributed by atoms with van der Waals surface area (Å²) in [4.78, 5) is 0. The molecule has 1 aliphatic carbocycles. The van der Waals surface area contributed by atoms with E-state index in [0.29, 0.717) is 12.3 Å². The summed E-state index contributed by atoms with van der Waals surface area (Å²) >= 11 is 0. The molecular formula is C14H19F2N. The summed E-state index contributed by atoms with van der Waals surface area (Å²) in [5.41, 5.74) is 6.84. The molecule has 0 aromatic heterocycles. The minimum atomic E-state index is -0.498. The Labute approximate surface area is 101 Å². The van der Waals surface area contributed by atoms with Gasteiger partial charge in [0.2, 0.25) is 0 Å². The van der Waals surface area contributed by atoms with Gasteiger partial charge >= 0.3 is 0 Å². The SMILES string of the molecule is NC1CCCCCC1Cc1cc(F)cc(F)c1. The van der Waals surface area contributed by atoms with Crippen LogP contribution >= 0.6 is 0 Å². The van der Waals surface area contributed by atoms with Crippen LogP contribution in [0.4, 0.5) is 8.78 Å². The molecule has 3 heteroatoms. The molecule has 0 heterocycles. The third-order valence-electron chi connectivity index (χ3n) is 3.64. The molecule has 1 aliphatic rings. The van der Waals surface area contributed by atoms with Crippen molar-refractivity contribution in [2.45, 2.75) is 44.6 Å². The van der Waals surface area contributed by atoms with Crippen molar-refractivity contribution in [3.8, 4) is 0 Å². The van der Waals surface area contributed by atoms with Crippen LogP contribution in [0.15, 0.2) is 18.2 Å². The van der Waals surface area contributed by atoms with Crippen LogP contribution in [0.5, 0.6) is 0 Å². The van der Waals surface area contributed by atoms with Crippen LogP contribution in [0.2, 0.25) is 0 Å². The molecule has 1 nitrogen and oxygen atoms in total. The topological polar surface area (TPSA) is 26.0 Å². The van der Waals surface area contributed by atoms with Gasteiger partial charge in [-0.1, -0.05) is 19.3 Å². The van der Waals surface area contributed by atoms with Crippen LogP contribution in [-0.2, 0) is 6.42 Å². The minimum Gasteiger partial charge on any atom is -0.327 e. The van der Waals surface area contributed by atoms with Gasteiger partial charge in [-0.25, -0.2) is 8.78 Å². The van der Waals surface area contributed by atoms with Crippen molar-refractivity contribution in [1.29, 1.82) is 0 Å². The number of hydrogen-bond acceptors (Lipinski definition) is 1. The Morgan fingerprint density at radius 3 is 2.35 bits per heavy atom. The third-order valence-corrected chi connectivity index (χ3v) is 3.64. The van der Waals surface area contributed by atoms with Gasteiger partial charge in [0.15, 0.2) is 0 Å². The van der Waals surface area contributed by atoms with Gasteiger partial charge in [0.05, 0.1) is 0 Å². The standard InChI is InChI=1S/C14H19F2N/c15-12-7-10(8-13(16)9-12)6-11-4-2-1-3-5-14(11)17/h7-9,11,14H,1-6,17H2. The lowest BCUT2D eigenvalue weighted by molar-refractivity contribution is 0.394. The van der Waals surface area contributed by atoms with E-state index < -0.39 is 11.6 Å². The molecule has 2 rings (SSSR count). The molecule has 2 atom stereocenters. The van der Waals surface area contributed by atoms with Crippen molar-refractivity contribution in [2.75, 3.05) is 0 Å². The minimum absolute atomic E-state index is 0.170. The highest BCUT2D eigenvalue weighted by atomic mass is 19.1. The van der Waals surface area contributed by atoms with Crippen LogP contribution in [0.1, 0.15) is 37.7 Å². The lowest BCUT2D eigenvalue weighted by Crippen LogP contribution is -2.30. The molecule has 1 saturated carbocycles. The Balaban J connectivity index is 2.07. The second-order valence-electron chi connectivity index (χ2n) is 5.04. The molecule has 2 unspecified atom stereocenters. The molecule has 2 N–H and O–H groups in total. The number of hydrogen-bond donors (Lipinski definition) is 1. The van der Waals surface area contributed by atoms with Gasteiger partial charge in [-0.05, 0) is 42.9 Å². The monoisotopic (exact) mass is 239 g/mol. The van der Waals surface area contributed by atoms with Gasteiger partial charge in [-0.2, -0.15) is 0 Å². The Hall–Kier alpha value is -0.960. The molecule has 1 fully saturated rings. The first-order valence-corrected chi connectivity index (χ1v) is 6.35. The fourth-order valence-corrected chi connectivity index (χ4v) is 2.70. The summed E-state index contributed by atoms with van der Waals surface area (Å²) in [7, 11) is 0. The predicted octanol–water partition coefficient (Wildman–Crippen LogP) is 3.41. The number of nitrogens with two attached hydrogens (primary N) is 1. The van der Waals surface area contributed by atoms with E-state index in [2.05, 4.69) is 0 Å². The molecule has 0 amide bonds. The summed E-state index contributed by atoms with van der Waals surface area (Å²) in [6.45, 7) is 0. The van der Waals surface area contributed by atoms with Crippen LogP contribution in [-0.4, -0.2) is 6.04 Å². The van der Waals surface area contributed by atoms with Gasteiger partial charge in [0.1, 0.15) is 11.6 Å². The van der Waals surface area contributed by atoms with E-state index >= 15 is 0 Å². The lowest BCUT2D eigenvalue weighted by Gasteiger charge is -2.21. The zero-order chi connectivity index (χ0) is 12.3. The van der Waals surface area contributed by atoms with E-state index in [4.69, 9.17) is 5.73 Å². The fourth-order valence-electron chi connectivity index (χ4n) is 2.70. The Bertz CT molecular complexity index is 358. The average molecular weight is 239 g/mol. The Morgan fingerprint density at radius 2 is 1.65 bits per heavy atom. The summed E-state index contributed by atoms with van der Waals surface area (Å²) in [6, 6.07) is 3.92. The molecule has 94 valence electrons. The van der Waals surface area contributed by atoms with E-state index in [1.165, 1.54) is 31.4 Å². The zero-order valence-electron chi connectivity index (χ0n) is 9.96. The summed E-state index contributed by atoms with van der Waals surface area (Å²) in [5.74, 6) is -0.636. The van der Waals surface area contributed by atoms with Crippen LogP contribution in [0.3, 0.4) is 0 Å². The van der Waals surface area contributed by atoms with Gasteiger partial charge < -0.3 is 5.73 Å². The van der Waals surface area contributed by atoms with E-state index in [-0.39, 0.29) is 6.04 Å². The zero-order valence-corrected chi connectivity index (χ0v) is 9.96. The molecule has 0 radical (unpaired) electrons. The van der Waals surface area contributed by atoms with Gasteiger partial charge in [-0.15, -0.1) is 0 Å². The number of rotatable bonds is 2. The predicted molar refractivity (Wildman–Crippen MR) is 64.6 cm³/mol. The molecule has 0 spiro atoms. The first kappa shape index (κ1) is 12.5. The van der Waals surface area contributed by atoms with E-state index in [1.807, 2.05) is 0 Å². The third kappa shape index (κ3) is 3.50. The average Bonchev–Trinajstić information content (AvgIpc) is 2.43. The maximum atomic E-state index is 13.1. The van der Waals surface area contributed by atoms with Crippen molar-refractivity contribution in [1.82, 2.24) is 0 Å². The maximum absolute atomic E-state index is 13.1. The van der Waals surface area contributed by atoms with E-state index in [0.717, 1.165) is 24.5 Å². The van der Waals surface area contributed by atoms with Crippen LogP contribution < -0.4 is 5.73 Å². The molecule has 1 aromatic rings. The molecule has 0 saturated heterocycles. The molecule has 0 aliphatic heterocycles. The normalized spacial score (nSPS) is 25.6. The first-order chi connectivity index (χ1) is 8.15. The van der Waals surface area contributed by atoms with Crippen LogP contribution in [0.25, 0.3) is 0 Å². The van der Waals surface area contributed by atoms with Crippen molar-refractivity contribution in [2.24, 2.45) is 11.7 Å². The molecule has 0 bridgehead atoms. The second kappa shape index (κ2) is 5.58. The largest absolute Gasteiger partial charge is 0.327 e. The van der Waals surface area contributed by atoms with Crippen LogP contribution in [0, 0.1) is 17.6 Å². The van der Waals surface area contributed by atoms with Crippen molar-refractivity contribution < 1.29 is 8.78 Å². The summed E-state index contributed by atoms with van der Waals surface area (Å²) < 4.78 is 26.2. The van der Waals surface area contributed by atoms with Crippen molar-refractivity contribution in [3.05, 3.63) is 35.4 Å². The second-order valence-corrected chi connectivity index (χ2v) is 5.04. The summed E-state index contributed by atoms with van der Waals surface area (Å²) in [6.07, 6.45) is 6.37. The molecule has 17 heavy (non-hydrogen) atoms. The van der Waals surface area contributed by atoms with Gasteiger partial charge in [-0.3, -0.25) is 0 Å². The number of halogens is 2. The molecule has 1 aromatic carbocycles. The van der Waals surface area contributed by atoms with Crippen molar-refractivity contribution in [3.63, 3.8) is 0 Å². The molecular weight excluding hydrogens is 220 g/mol. The van der Waals surface area contributed by atoms with E-state index in [9.17, 15) is 8.78 Å². The highest BCUT2D eigenvalue weighted by Gasteiger charge is 2.20. The number of benzene rings is 1. The Morgan fingerprint density at radius 1 is 1.00 bits per heavy atom. The Kier molecular flexibility index (Phi) is 4.11. The van der Waals surface area contributed by atoms with Gasteiger partial charge in [0.25, 0.3) is 0 Å². The summed E-state index contributed by atoms with van der Waals surface area (Å²) in [5, 5.41) is 0. The quantitative estimate of drug-likeness (QED) is 0.786. The first-order valence-electron chi connectivity index (χ1n) is 6.35. The smallest absolute Gasteiger partial charge is 0.126 e. The highest BCUT2D eigenvalue weighted by molar-refractivity contribution is 5.18. The fraction of sp³-hybridized carbons (Fsp3) is 0.571. The van der Waals surface area contributed by atoms with Crippen molar-refractivity contribution >= 4 is 0 Å². The highest BCUT2D eigenvalue weighted by Crippen LogP contribution is 2.25.